The minimum absolute atomic E-state index is 0. The van der Waals surface area contributed by atoms with Gasteiger partial charge in [0.2, 0.25) is 0 Å². The number of hydrogen-bond acceptors (Lipinski definition) is 3. The Morgan fingerprint density at radius 2 is 2.04 bits per heavy atom. The number of hydrogen-bond donors (Lipinski definition) is 1. The molecule has 0 aliphatic carbocycles. The summed E-state index contributed by atoms with van der Waals surface area (Å²) in [6.07, 6.45) is 0.576. The number of halogens is 3. The van der Waals surface area contributed by atoms with Crippen LogP contribution >= 0.6 is 24.0 Å². The molecule has 0 fully saturated rings. The maximum absolute atomic E-state index is 13.8. The number of benzene rings is 2. The van der Waals surface area contributed by atoms with Crippen molar-refractivity contribution in [2.75, 3.05) is 27.4 Å². The second-order valence-electron chi connectivity index (χ2n) is 6.37. The van der Waals surface area contributed by atoms with Gasteiger partial charge < -0.3 is 19.7 Å². The highest BCUT2D eigenvalue weighted by Crippen LogP contribution is 2.29. The molecule has 8 heteroatoms. The second kappa shape index (κ2) is 10.6. The lowest BCUT2D eigenvalue weighted by Crippen LogP contribution is -2.39. The quantitative estimate of drug-likeness (QED) is 0.384. The number of fused-ring (bicyclic) bond motifs is 1. The van der Waals surface area contributed by atoms with Gasteiger partial charge in [-0.05, 0) is 41.8 Å². The average Bonchev–Trinajstić information content (AvgIpc) is 2.65. The molecule has 3 rings (SSSR count). The van der Waals surface area contributed by atoms with Gasteiger partial charge in [-0.1, -0.05) is 12.1 Å². The first kappa shape index (κ1) is 22.4. The van der Waals surface area contributed by atoms with Gasteiger partial charge >= 0.3 is 0 Å². The zero-order valence-corrected chi connectivity index (χ0v) is 18.2. The Morgan fingerprint density at radius 3 is 2.79 bits per heavy atom. The minimum atomic E-state index is -0.301. The zero-order valence-electron chi connectivity index (χ0n) is 15.9. The highest BCUT2D eigenvalue weighted by atomic mass is 127. The van der Waals surface area contributed by atoms with E-state index in [1.807, 2.05) is 18.0 Å². The van der Waals surface area contributed by atoms with Crippen LogP contribution in [-0.2, 0) is 24.3 Å². The highest BCUT2D eigenvalue weighted by Gasteiger charge is 2.17. The normalized spacial score (nSPS) is 13.2. The van der Waals surface area contributed by atoms with E-state index < -0.39 is 0 Å². The fourth-order valence-corrected chi connectivity index (χ4v) is 3.12. The van der Waals surface area contributed by atoms with E-state index in [4.69, 9.17) is 9.47 Å². The molecule has 1 N–H and O–H groups in total. The molecule has 0 bridgehead atoms. The molecule has 2 aromatic carbocycles. The molecule has 0 saturated carbocycles. The van der Waals surface area contributed by atoms with Crippen LogP contribution in [-0.4, -0.2) is 38.3 Å². The fourth-order valence-electron chi connectivity index (χ4n) is 3.12. The molecule has 0 atom stereocenters. The van der Waals surface area contributed by atoms with Crippen LogP contribution < -0.4 is 10.1 Å². The summed E-state index contributed by atoms with van der Waals surface area (Å²) in [6, 6.07) is 9.41. The summed E-state index contributed by atoms with van der Waals surface area (Å²) in [7, 11) is 3.57. The van der Waals surface area contributed by atoms with Crippen LogP contribution in [0.25, 0.3) is 0 Å². The monoisotopic (exact) mass is 503 g/mol. The summed E-state index contributed by atoms with van der Waals surface area (Å²) in [6.45, 7) is 1.61. The molecule has 28 heavy (non-hydrogen) atoms. The van der Waals surface area contributed by atoms with Gasteiger partial charge in [0.15, 0.2) is 12.8 Å². The molecule has 0 radical (unpaired) electrons. The Kier molecular flexibility index (Phi) is 8.43. The molecule has 152 valence electrons. The van der Waals surface area contributed by atoms with Crippen molar-refractivity contribution in [3.8, 4) is 5.75 Å². The second-order valence-corrected chi connectivity index (χ2v) is 6.37. The molecule has 1 heterocycles. The van der Waals surface area contributed by atoms with Gasteiger partial charge in [0.25, 0.3) is 0 Å². The summed E-state index contributed by atoms with van der Waals surface area (Å²) >= 11 is 0. The molecule has 1 aliphatic rings. The first-order valence-corrected chi connectivity index (χ1v) is 8.75. The average molecular weight is 503 g/mol. The molecule has 2 aromatic rings. The Morgan fingerprint density at radius 1 is 1.21 bits per heavy atom. The lowest BCUT2D eigenvalue weighted by molar-refractivity contribution is -0.0172. The standard InChI is InChI=1S/C20H23F2N3O2.HI/c1-23-20(25(2)11-14-4-3-5-17(21)8-14)24-7-6-15-9-18(22)10-16-12-26-13-27-19(15)16;/h3-5,8-10H,6-7,11-13H2,1-2H3,(H,23,24);1H. The molecule has 0 spiro atoms. The van der Waals surface area contributed by atoms with Crippen LogP contribution in [0.4, 0.5) is 8.78 Å². The van der Waals surface area contributed by atoms with Gasteiger partial charge in [-0.15, -0.1) is 24.0 Å². The Labute approximate surface area is 180 Å². The summed E-state index contributed by atoms with van der Waals surface area (Å²) in [4.78, 5) is 6.16. The smallest absolute Gasteiger partial charge is 0.193 e. The highest BCUT2D eigenvalue weighted by molar-refractivity contribution is 14.0. The van der Waals surface area contributed by atoms with Gasteiger partial charge in [0, 0.05) is 32.7 Å². The number of guanidine groups is 1. The van der Waals surface area contributed by atoms with Gasteiger partial charge in [-0.3, -0.25) is 4.99 Å². The van der Waals surface area contributed by atoms with Crippen molar-refractivity contribution in [2.24, 2.45) is 4.99 Å². The van der Waals surface area contributed by atoms with E-state index in [1.54, 1.807) is 13.1 Å². The number of nitrogens with one attached hydrogen (secondary N) is 1. The first-order valence-electron chi connectivity index (χ1n) is 8.75. The lowest BCUT2D eigenvalue weighted by Gasteiger charge is -2.23. The topological polar surface area (TPSA) is 46.1 Å². The van der Waals surface area contributed by atoms with Crippen molar-refractivity contribution >= 4 is 29.9 Å². The predicted molar refractivity (Wildman–Crippen MR) is 115 cm³/mol. The Bertz CT molecular complexity index is 833. The predicted octanol–water partition coefficient (Wildman–Crippen LogP) is 3.70. The molecular weight excluding hydrogens is 479 g/mol. The van der Waals surface area contributed by atoms with Crippen molar-refractivity contribution in [2.45, 2.75) is 19.6 Å². The van der Waals surface area contributed by atoms with Crippen LogP contribution in [0.2, 0.25) is 0 Å². The van der Waals surface area contributed by atoms with E-state index in [0.717, 1.165) is 16.7 Å². The third-order valence-corrected chi connectivity index (χ3v) is 4.31. The van der Waals surface area contributed by atoms with Crippen LogP contribution in [0.15, 0.2) is 41.4 Å². The molecule has 0 saturated heterocycles. The van der Waals surface area contributed by atoms with Gasteiger partial charge in [0.05, 0.1) is 6.61 Å². The minimum Gasteiger partial charge on any atom is -0.467 e. The molecule has 0 unspecified atom stereocenters. The summed E-state index contributed by atoms with van der Waals surface area (Å²) in [5, 5.41) is 3.25. The van der Waals surface area contributed by atoms with E-state index >= 15 is 0 Å². The first-order chi connectivity index (χ1) is 13.1. The summed E-state index contributed by atoms with van der Waals surface area (Å²) in [5.74, 6) is 0.815. The van der Waals surface area contributed by atoms with Crippen molar-refractivity contribution in [1.82, 2.24) is 10.2 Å². The third kappa shape index (κ3) is 5.78. The Hall–Kier alpha value is -1.94. The maximum Gasteiger partial charge on any atom is 0.193 e. The van der Waals surface area contributed by atoms with Crippen molar-refractivity contribution in [3.63, 3.8) is 0 Å². The van der Waals surface area contributed by atoms with Gasteiger partial charge in [-0.2, -0.15) is 0 Å². The molecule has 0 aromatic heterocycles. The molecular formula is C20H24F2IN3O2. The largest absolute Gasteiger partial charge is 0.467 e. The van der Waals surface area contributed by atoms with Crippen LogP contribution in [0, 0.1) is 11.6 Å². The van der Waals surface area contributed by atoms with Crippen molar-refractivity contribution in [3.05, 3.63) is 64.7 Å². The number of rotatable bonds is 5. The summed E-state index contributed by atoms with van der Waals surface area (Å²) in [5.41, 5.74) is 2.38. The molecule has 5 nitrogen and oxygen atoms in total. The van der Waals surface area contributed by atoms with Crippen LogP contribution in [0.1, 0.15) is 16.7 Å². The lowest BCUT2D eigenvalue weighted by atomic mass is 10.1. The van der Waals surface area contributed by atoms with E-state index in [9.17, 15) is 8.78 Å². The van der Waals surface area contributed by atoms with E-state index in [-0.39, 0.29) is 42.4 Å². The van der Waals surface area contributed by atoms with Crippen LogP contribution in [0.3, 0.4) is 0 Å². The van der Waals surface area contributed by atoms with Crippen molar-refractivity contribution in [1.29, 1.82) is 0 Å². The van der Waals surface area contributed by atoms with Crippen molar-refractivity contribution < 1.29 is 18.3 Å². The van der Waals surface area contributed by atoms with Gasteiger partial charge in [-0.25, -0.2) is 8.78 Å². The molecule has 1 aliphatic heterocycles. The van der Waals surface area contributed by atoms with E-state index in [2.05, 4.69) is 10.3 Å². The summed E-state index contributed by atoms with van der Waals surface area (Å²) < 4.78 is 37.9. The number of ether oxygens (including phenoxy) is 2. The third-order valence-electron chi connectivity index (χ3n) is 4.31. The van der Waals surface area contributed by atoms with Crippen LogP contribution in [0.5, 0.6) is 5.75 Å². The molecule has 0 amide bonds. The van der Waals surface area contributed by atoms with Gasteiger partial charge in [0.1, 0.15) is 17.4 Å². The number of nitrogens with zero attached hydrogens (tertiary/aromatic N) is 2. The zero-order chi connectivity index (χ0) is 19.2. The van der Waals surface area contributed by atoms with E-state index in [0.29, 0.717) is 37.8 Å². The van der Waals surface area contributed by atoms with E-state index in [1.165, 1.54) is 24.3 Å². The number of aliphatic imine (C=N–C) groups is 1. The maximum atomic E-state index is 13.8. The fraction of sp³-hybridized carbons (Fsp3) is 0.350. The SMILES string of the molecule is CN=C(NCCc1cc(F)cc2c1OCOC2)N(C)Cc1cccc(F)c1.I. The Balaban J connectivity index is 0.00000280.